The Hall–Kier alpha value is -1.14. The van der Waals surface area contributed by atoms with Crippen LogP contribution in [0.5, 0.6) is 0 Å². The molecule has 124 valence electrons. The Labute approximate surface area is 127 Å². The van der Waals surface area contributed by atoms with E-state index in [1.165, 1.54) is 0 Å². The summed E-state index contributed by atoms with van der Waals surface area (Å²) in [4.78, 5) is 22.6. The van der Waals surface area contributed by atoms with E-state index >= 15 is 0 Å². The number of hydrogen-bond donors (Lipinski definition) is 2. The van der Waals surface area contributed by atoms with Crippen molar-refractivity contribution in [2.45, 2.75) is 57.7 Å². The second-order valence-electron chi connectivity index (χ2n) is 6.63. The average Bonchev–Trinajstić information content (AvgIpc) is 2.24. The molecule has 0 aromatic heterocycles. The highest BCUT2D eigenvalue weighted by atomic mass is 16.5. The lowest BCUT2D eigenvalue weighted by Crippen LogP contribution is -2.43. The van der Waals surface area contributed by atoms with Crippen LogP contribution in [0.1, 0.15) is 45.4 Å². The molecule has 21 heavy (non-hydrogen) atoms. The van der Waals surface area contributed by atoms with Crippen LogP contribution in [0.25, 0.3) is 0 Å². The van der Waals surface area contributed by atoms with Crippen LogP contribution in [0.4, 0.5) is 0 Å². The van der Waals surface area contributed by atoms with Gasteiger partial charge in [0.2, 0.25) is 0 Å². The Balaban J connectivity index is 4.07. The van der Waals surface area contributed by atoms with Gasteiger partial charge in [0.25, 0.3) is 0 Å². The predicted octanol–water partition coefficient (Wildman–Crippen LogP) is 1.41. The summed E-state index contributed by atoms with van der Waals surface area (Å²) < 4.78 is 5.82. The SMILES string of the molecule is CC(O)CCCCCC(=O)OC(CC(=O)O)C[N+](C)(C)C. The molecule has 0 rings (SSSR count). The monoisotopic (exact) mass is 304 g/mol. The minimum absolute atomic E-state index is 0.163. The number of likely N-dealkylation sites (N-methyl/N-ethyl adjacent to an activating group) is 1. The summed E-state index contributed by atoms with van der Waals surface area (Å²) in [6, 6.07) is 0. The van der Waals surface area contributed by atoms with Gasteiger partial charge in [0.15, 0.2) is 6.10 Å². The van der Waals surface area contributed by atoms with Crippen LogP contribution in [-0.2, 0) is 14.3 Å². The van der Waals surface area contributed by atoms with Gasteiger partial charge in [-0.2, -0.15) is 0 Å². The van der Waals surface area contributed by atoms with Crippen molar-refractivity contribution in [2.75, 3.05) is 27.7 Å². The number of aliphatic hydroxyl groups excluding tert-OH is 1. The summed E-state index contributed by atoms with van der Waals surface area (Å²) >= 11 is 0. The molecular formula is C15H30NO5+. The van der Waals surface area contributed by atoms with E-state index in [9.17, 15) is 9.59 Å². The first kappa shape index (κ1) is 19.9. The van der Waals surface area contributed by atoms with E-state index < -0.39 is 12.1 Å². The zero-order chi connectivity index (χ0) is 16.5. The second-order valence-corrected chi connectivity index (χ2v) is 6.63. The predicted molar refractivity (Wildman–Crippen MR) is 79.8 cm³/mol. The van der Waals surface area contributed by atoms with E-state index in [0.717, 1.165) is 19.3 Å². The van der Waals surface area contributed by atoms with Gasteiger partial charge in [-0.15, -0.1) is 0 Å². The molecule has 0 bridgehead atoms. The molecule has 0 saturated heterocycles. The maximum absolute atomic E-state index is 11.7. The van der Waals surface area contributed by atoms with Crippen molar-refractivity contribution in [1.29, 1.82) is 0 Å². The fraction of sp³-hybridized carbons (Fsp3) is 0.867. The largest absolute Gasteiger partial charge is 0.481 e. The molecule has 0 aromatic rings. The molecule has 2 unspecified atom stereocenters. The Morgan fingerprint density at radius 2 is 1.76 bits per heavy atom. The molecule has 0 aliphatic rings. The number of aliphatic hydroxyl groups is 1. The number of unbranched alkanes of at least 4 members (excludes halogenated alkanes) is 2. The first-order chi connectivity index (χ1) is 9.60. The zero-order valence-electron chi connectivity index (χ0n) is 13.7. The second kappa shape index (κ2) is 9.73. The van der Waals surface area contributed by atoms with Crippen LogP contribution in [0.3, 0.4) is 0 Å². The quantitative estimate of drug-likeness (QED) is 0.342. The van der Waals surface area contributed by atoms with Gasteiger partial charge in [-0.3, -0.25) is 9.59 Å². The van der Waals surface area contributed by atoms with Gasteiger partial charge in [0.1, 0.15) is 6.54 Å². The number of ether oxygens (including phenoxy) is 1. The highest BCUT2D eigenvalue weighted by molar-refractivity contribution is 5.71. The smallest absolute Gasteiger partial charge is 0.307 e. The van der Waals surface area contributed by atoms with Gasteiger partial charge < -0.3 is 19.4 Å². The number of nitrogens with zero attached hydrogens (tertiary/aromatic N) is 1. The topological polar surface area (TPSA) is 83.8 Å². The lowest BCUT2D eigenvalue weighted by Gasteiger charge is -2.28. The van der Waals surface area contributed by atoms with Gasteiger partial charge in [-0.25, -0.2) is 0 Å². The van der Waals surface area contributed by atoms with E-state index in [2.05, 4.69) is 0 Å². The molecule has 0 aromatic carbocycles. The number of carboxylic acids is 1. The van der Waals surface area contributed by atoms with Gasteiger partial charge >= 0.3 is 11.9 Å². The Bertz CT molecular complexity index is 323. The number of esters is 1. The van der Waals surface area contributed by atoms with Crippen LogP contribution >= 0.6 is 0 Å². The van der Waals surface area contributed by atoms with E-state index in [4.69, 9.17) is 14.9 Å². The van der Waals surface area contributed by atoms with Crippen molar-refractivity contribution in [2.24, 2.45) is 0 Å². The summed E-state index contributed by atoms with van der Waals surface area (Å²) in [5.41, 5.74) is 0. The number of hydrogen-bond acceptors (Lipinski definition) is 4. The lowest BCUT2D eigenvalue weighted by molar-refractivity contribution is -0.873. The third-order valence-corrected chi connectivity index (χ3v) is 2.95. The van der Waals surface area contributed by atoms with Crippen molar-refractivity contribution in [3.8, 4) is 0 Å². The maximum atomic E-state index is 11.7. The van der Waals surface area contributed by atoms with E-state index in [1.807, 2.05) is 21.1 Å². The minimum atomic E-state index is -0.960. The average molecular weight is 304 g/mol. The Morgan fingerprint density at radius 1 is 1.14 bits per heavy atom. The molecule has 2 N–H and O–H groups in total. The zero-order valence-corrected chi connectivity index (χ0v) is 13.7. The molecule has 0 spiro atoms. The van der Waals surface area contributed by atoms with Crippen molar-refractivity contribution >= 4 is 11.9 Å². The molecule has 0 aliphatic carbocycles. The number of aliphatic carboxylic acids is 1. The molecule has 0 radical (unpaired) electrons. The highest BCUT2D eigenvalue weighted by Crippen LogP contribution is 2.10. The normalized spacial score (nSPS) is 14.5. The van der Waals surface area contributed by atoms with Crippen LogP contribution < -0.4 is 0 Å². The van der Waals surface area contributed by atoms with Crippen molar-refractivity contribution in [3.63, 3.8) is 0 Å². The minimum Gasteiger partial charge on any atom is -0.481 e. The number of carbonyl (C=O) groups excluding carboxylic acids is 1. The van der Waals surface area contributed by atoms with E-state index in [1.54, 1.807) is 6.92 Å². The molecule has 6 nitrogen and oxygen atoms in total. The Morgan fingerprint density at radius 3 is 2.24 bits per heavy atom. The lowest BCUT2D eigenvalue weighted by atomic mass is 10.1. The van der Waals surface area contributed by atoms with E-state index in [-0.39, 0.29) is 18.5 Å². The van der Waals surface area contributed by atoms with Crippen molar-refractivity contribution < 1.29 is 29.0 Å². The molecule has 0 saturated carbocycles. The number of quaternary nitrogens is 1. The Kier molecular flexibility index (Phi) is 9.21. The fourth-order valence-corrected chi connectivity index (χ4v) is 2.08. The van der Waals surface area contributed by atoms with Gasteiger partial charge in [0.05, 0.1) is 33.7 Å². The van der Waals surface area contributed by atoms with Crippen LogP contribution in [0.15, 0.2) is 0 Å². The molecule has 0 amide bonds. The number of rotatable bonds is 11. The molecular weight excluding hydrogens is 274 g/mol. The van der Waals surface area contributed by atoms with Crippen molar-refractivity contribution in [1.82, 2.24) is 0 Å². The maximum Gasteiger partial charge on any atom is 0.307 e. The summed E-state index contributed by atoms with van der Waals surface area (Å²) in [7, 11) is 5.79. The first-order valence-electron chi connectivity index (χ1n) is 7.50. The summed E-state index contributed by atoms with van der Waals surface area (Å²) in [5, 5.41) is 18.0. The summed E-state index contributed by atoms with van der Waals surface area (Å²) in [6.07, 6.45) is 2.42. The summed E-state index contributed by atoms with van der Waals surface area (Å²) in [5.74, 6) is -1.30. The third kappa shape index (κ3) is 13.6. The van der Waals surface area contributed by atoms with Gasteiger partial charge in [-0.1, -0.05) is 12.8 Å². The molecule has 0 aliphatic heterocycles. The third-order valence-electron chi connectivity index (χ3n) is 2.95. The van der Waals surface area contributed by atoms with Crippen LogP contribution in [0.2, 0.25) is 0 Å². The fourth-order valence-electron chi connectivity index (χ4n) is 2.08. The molecule has 6 heteroatoms. The first-order valence-corrected chi connectivity index (χ1v) is 7.50. The van der Waals surface area contributed by atoms with Gasteiger partial charge in [0, 0.05) is 6.42 Å². The van der Waals surface area contributed by atoms with E-state index in [0.29, 0.717) is 23.9 Å². The standard InChI is InChI=1S/C15H29NO5/c1-12(17)8-6-5-7-9-15(20)21-13(10-14(18)19)11-16(2,3)4/h12-13,17H,5-11H2,1-4H3/p+1. The highest BCUT2D eigenvalue weighted by Gasteiger charge is 2.24. The number of carbonyl (C=O) groups is 2. The summed E-state index contributed by atoms with van der Waals surface area (Å²) in [6.45, 7) is 2.22. The van der Waals surface area contributed by atoms with Crippen molar-refractivity contribution in [3.05, 3.63) is 0 Å². The number of carboxylic acid groups (broad SMARTS) is 1. The molecule has 2 atom stereocenters. The van der Waals surface area contributed by atoms with Crippen LogP contribution in [-0.4, -0.2) is 66.5 Å². The van der Waals surface area contributed by atoms with Gasteiger partial charge in [-0.05, 0) is 19.8 Å². The van der Waals surface area contributed by atoms with Crippen LogP contribution in [0, 0.1) is 0 Å². The molecule has 0 heterocycles. The molecule has 0 fully saturated rings.